The van der Waals surface area contributed by atoms with Gasteiger partial charge in [-0.25, -0.2) is 24.6 Å². The lowest BCUT2D eigenvalue weighted by molar-refractivity contribution is -0.147. The molecular formula is C23H27FN6O6. The Kier molecular flexibility index (Phi) is 8.86. The van der Waals surface area contributed by atoms with Crippen LogP contribution in [-0.2, 0) is 23.9 Å². The van der Waals surface area contributed by atoms with E-state index in [1.807, 2.05) is 0 Å². The number of nitrogens with one attached hydrogen (secondary N) is 3. The van der Waals surface area contributed by atoms with E-state index in [2.05, 4.69) is 21.0 Å². The van der Waals surface area contributed by atoms with Gasteiger partial charge in [-0.2, -0.15) is 0 Å². The van der Waals surface area contributed by atoms with Crippen molar-refractivity contribution in [2.75, 3.05) is 50.2 Å². The molecule has 0 spiro atoms. The van der Waals surface area contributed by atoms with E-state index in [1.54, 1.807) is 19.2 Å². The van der Waals surface area contributed by atoms with Crippen molar-refractivity contribution in [2.24, 2.45) is 0 Å². The van der Waals surface area contributed by atoms with E-state index < -0.39 is 36.5 Å². The fourth-order valence-corrected chi connectivity index (χ4v) is 3.48. The number of likely N-dealkylation sites (N-methyl/N-ethyl adjacent to an activating group) is 1. The number of hydrazine groups is 1. The second-order valence-electron chi connectivity index (χ2n) is 7.76. The van der Waals surface area contributed by atoms with Crippen molar-refractivity contribution in [3.05, 3.63) is 42.3 Å². The molecule has 13 heteroatoms. The molecule has 1 aliphatic heterocycles. The Bertz CT molecular complexity index is 1150. The van der Waals surface area contributed by atoms with E-state index in [1.165, 1.54) is 43.3 Å². The summed E-state index contributed by atoms with van der Waals surface area (Å²) in [7, 11) is 3.07. The van der Waals surface area contributed by atoms with Crippen LogP contribution in [0.15, 0.2) is 36.5 Å². The third-order valence-corrected chi connectivity index (χ3v) is 5.15. The van der Waals surface area contributed by atoms with Gasteiger partial charge >= 0.3 is 12.1 Å². The number of hydrogen-bond acceptors (Lipinski definition) is 9. The number of carbonyl (C=O) groups excluding carboxylic acids is 4. The highest BCUT2D eigenvalue weighted by atomic mass is 19.1. The van der Waals surface area contributed by atoms with Crippen molar-refractivity contribution in [2.45, 2.75) is 13.0 Å². The fraction of sp³-hybridized carbons (Fsp3) is 0.348. The topological polar surface area (TPSA) is 142 Å². The summed E-state index contributed by atoms with van der Waals surface area (Å²) in [5.41, 5.74) is 3.62. The van der Waals surface area contributed by atoms with Gasteiger partial charge in [-0.15, -0.1) is 0 Å². The zero-order valence-electron chi connectivity index (χ0n) is 20.0. The van der Waals surface area contributed by atoms with Crippen LogP contribution in [0.4, 0.5) is 20.7 Å². The van der Waals surface area contributed by atoms with Crippen molar-refractivity contribution >= 4 is 35.4 Å². The number of amides is 3. The molecule has 0 aliphatic carbocycles. The van der Waals surface area contributed by atoms with Crippen LogP contribution in [0.5, 0.6) is 0 Å². The maximum absolute atomic E-state index is 15.1. The predicted molar refractivity (Wildman–Crippen MR) is 127 cm³/mol. The number of carbonyl (C=O) groups is 4. The van der Waals surface area contributed by atoms with Gasteiger partial charge in [0.25, 0.3) is 5.91 Å². The van der Waals surface area contributed by atoms with Crippen molar-refractivity contribution in [1.82, 2.24) is 21.0 Å². The molecule has 0 saturated carbocycles. The van der Waals surface area contributed by atoms with Crippen LogP contribution in [0.3, 0.4) is 0 Å². The number of hydrogen-bond donors (Lipinski definition) is 3. The Labute approximate surface area is 206 Å². The smallest absolute Gasteiger partial charge is 0.414 e. The van der Waals surface area contributed by atoms with Gasteiger partial charge in [-0.1, -0.05) is 0 Å². The number of benzene rings is 1. The third-order valence-electron chi connectivity index (χ3n) is 5.15. The summed E-state index contributed by atoms with van der Waals surface area (Å²) in [4.78, 5) is 52.8. The third kappa shape index (κ3) is 6.52. The van der Waals surface area contributed by atoms with Crippen LogP contribution in [0.2, 0.25) is 0 Å². The van der Waals surface area contributed by atoms with Crippen molar-refractivity contribution in [3.63, 3.8) is 0 Å². The molecule has 1 atom stereocenters. The average Bonchev–Trinajstić information content (AvgIpc) is 3.22. The first-order valence-corrected chi connectivity index (χ1v) is 11.0. The molecule has 1 aromatic carbocycles. The van der Waals surface area contributed by atoms with Gasteiger partial charge in [0, 0.05) is 25.7 Å². The van der Waals surface area contributed by atoms with Crippen LogP contribution < -0.4 is 26.0 Å². The SMILES string of the molecule is CNCC(=O)OCC(=O)N(NC)c1cc(-c2ccc(N3C[C@H](CNC(C)=O)OC3=O)cc2F)ccn1. The molecule has 2 heterocycles. The zero-order valence-corrected chi connectivity index (χ0v) is 20.0. The lowest BCUT2D eigenvalue weighted by Gasteiger charge is -2.21. The molecule has 12 nitrogen and oxygen atoms in total. The number of esters is 1. The molecular weight excluding hydrogens is 475 g/mol. The summed E-state index contributed by atoms with van der Waals surface area (Å²) in [5, 5.41) is 6.29. The molecule has 3 amide bonds. The van der Waals surface area contributed by atoms with Crippen molar-refractivity contribution in [1.29, 1.82) is 0 Å². The Hall–Kier alpha value is -4.10. The van der Waals surface area contributed by atoms with Crippen LogP contribution in [-0.4, -0.2) is 75.3 Å². The van der Waals surface area contributed by atoms with Gasteiger partial charge in [0.15, 0.2) is 12.4 Å². The van der Waals surface area contributed by atoms with Gasteiger partial charge in [-0.3, -0.25) is 19.3 Å². The molecule has 1 saturated heterocycles. The minimum Gasteiger partial charge on any atom is -0.455 e. The second-order valence-corrected chi connectivity index (χ2v) is 7.76. The number of anilines is 2. The van der Waals surface area contributed by atoms with Gasteiger partial charge < -0.3 is 20.1 Å². The van der Waals surface area contributed by atoms with E-state index in [4.69, 9.17) is 9.47 Å². The minimum absolute atomic E-state index is 0.0407. The Balaban J connectivity index is 1.75. The van der Waals surface area contributed by atoms with Gasteiger partial charge in [0.2, 0.25) is 5.91 Å². The molecule has 2 aromatic rings. The predicted octanol–water partition coefficient (Wildman–Crippen LogP) is 0.579. The zero-order chi connectivity index (χ0) is 26.2. The molecule has 1 fully saturated rings. The number of cyclic esters (lactones) is 1. The maximum Gasteiger partial charge on any atom is 0.414 e. The molecule has 3 rings (SSSR count). The maximum atomic E-state index is 15.1. The van der Waals surface area contributed by atoms with Gasteiger partial charge in [0.1, 0.15) is 11.9 Å². The fourth-order valence-electron chi connectivity index (χ4n) is 3.48. The summed E-state index contributed by atoms with van der Waals surface area (Å²) >= 11 is 0. The lowest BCUT2D eigenvalue weighted by Crippen LogP contribution is -2.44. The van der Waals surface area contributed by atoms with Gasteiger partial charge in [-0.05, 0) is 42.9 Å². The first kappa shape index (κ1) is 26.5. The summed E-state index contributed by atoms with van der Waals surface area (Å²) < 4.78 is 25.2. The molecule has 3 N–H and O–H groups in total. The molecule has 1 aromatic heterocycles. The van der Waals surface area contributed by atoms with E-state index in [0.29, 0.717) is 11.3 Å². The molecule has 0 radical (unpaired) electrons. The summed E-state index contributed by atoms with van der Waals surface area (Å²) in [5.74, 6) is -1.86. The Morgan fingerprint density at radius 1 is 1.25 bits per heavy atom. The van der Waals surface area contributed by atoms with Crippen molar-refractivity contribution in [3.8, 4) is 11.1 Å². The highest BCUT2D eigenvalue weighted by Gasteiger charge is 2.32. The van der Waals surface area contributed by atoms with Crippen LogP contribution in [0.25, 0.3) is 11.1 Å². The average molecular weight is 503 g/mol. The normalized spacial score (nSPS) is 14.8. The largest absolute Gasteiger partial charge is 0.455 e. The van der Waals surface area contributed by atoms with Crippen LogP contribution in [0.1, 0.15) is 6.92 Å². The first-order valence-electron chi connectivity index (χ1n) is 11.0. The standard InChI is InChI=1S/C23H27FN6O6/c1-14(31)28-10-17-12-29(23(34)36-17)16-4-5-18(19(24)9-16)15-6-7-27-20(8-15)30(26-3)21(32)13-35-22(33)11-25-2/h4-9,17,25-26H,10-13H2,1-3H3,(H,28,31)/t17-/m0/s1. The number of halogens is 1. The van der Waals surface area contributed by atoms with Crippen LogP contribution >= 0.6 is 0 Å². The first-order chi connectivity index (χ1) is 17.2. The quantitative estimate of drug-likeness (QED) is 0.314. The van der Waals surface area contributed by atoms with Crippen molar-refractivity contribution < 1.29 is 33.0 Å². The minimum atomic E-state index is -0.637. The van der Waals surface area contributed by atoms with E-state index in [0.717, 1.165) is 5.01 Å². The van der Waals surface area contributed by atoms with Gasteiger partial charge in [0.05, 0.1) is 25.3 Å². The number of aromatic nitrogens is 1. The van der Waals surface area contributed by atoms with E-state index >= 15 is 4.39 Å². The second kappa shape index (κ2) is 12.0. The Morgan fingerprint density at radius 3 is 2.69 bits per heavy atom. The van der Waals surface area contributed by atoms with E-state index in [-0.39, 0.29) is 36.9 Å². The summed E-state index contributed by atoms with van der Waals surface area (Å²) in [6, 6.07) is 7.35. The summed E-state index contributed by atoms with van der Waals surface area (Å²) in [6.07, 6.45) is 0.226. The molecule has 36 heavy (non-hydrogen) atoms. The molecule has 0 bridgehead atoms. The van der Waals surface area contributed by atoms with E-state index in [9.17, 15) is 19.2 Å². The molecule has 192 valence electrons. The number of pyridine rings is 1. The van der Waals surface area contributed by atoms with Crippen LogP contribution in [0, 0.1) is 5.82 Å². The Morgan fingerprint density at radius 2 is 2.03 bits per heavy atom. The highest BCUT2D eigenvalue weighted by Crippen LogP contribution is 2.30. The monoisotopic (exact) mass is 502 g/mol. The molecule has 0 unspecified atom stereocenters. The highest BCUT2D eigenvalue weighted by molar-refractivity contribution is 5.94. The summed E-state index contributed by atoms with van der Waals surface area (Å²) in [6.45, 7) is 1.13. The number of nitrogens with zero attached hydrogens (tertiary/aromatic N) is 3. The number of ether oxygens (including phenoxy) is 2. The lowest BCUT2D eigenvalue weighted by atomic mass is 10.1. The molecule has 1 aliphatic rings. The number of rotatable bonds is 10.